The van der Waals surface area contributed by atoms with E-state index in [1.807, 2.05) is 0 Å². The average molecular weight is 349 g/mol. The molecule has 1 saturated heterocycles. The van der Waals surface area contributed by atoms with Crippen molar-refractivity contribution in [2.45, 2.75) is 12.8 Å². The van der Waals surface area contributed by atoms with Gasteiger partial charge in [0.05, 0.1) is 11.3 Å². The molecular formula is C17H14Cl2N2O2. The molecule has 23 heavy (non-hydrogen) atoms. The highest BCUT2D eigenvalue weighted by atomic mass is 35.5. The fourth-order valence-electron chi connectivity index (χ4n) is 2.59. The lowest BCUT2D eigenvalue weighted by atomic mass is 10.1. The van der Waals surface area contributed by atoms with Crippen molar-refractivity contribution in [3.05, 3.63) is 58.1 Å². The molecule has 1 aliphatic rings. The zero-order chi connectivity index (χ0) is 16.4. The van der Waals surface area contributed by atoms with Gasteiger partial charge in [0.15, 0.2) is 0 Å². The van der Waals surface area contributed by atoms with E-state index in [2.05, 4.69) is 5.32 Å². The minimum Gasteiger partial charge on any atom is -0.322 e. The molecule has 0 saturated carbocycles. The van der Waals surface area contributed by atoms with Crippen molar-refractivity contribution in [3.63, 3.8) is 0 Å². The number of rotatable bonds is 3. The average Bonchev–Trinajstić information content (AvgIpc) is 2.93. The summed E-state index contributed by atoms with van der Waals surface area (Å²) < 4.78 is 0. The molecule has 1 heterocycles. The van der Waals surface area contributed by atoms with Crippen LogP contribution in [0.2, 0.25) is 10.0 Å². The molecule has 0 spiro atoms. The Kier molecular flexibility index (Phi) is 4.55. The van der Waals surface area contributed by atoms with Gasteiger partial charge in [-0.3, -0.25) is 9.59 Å². The van der Waals surface area contributed by atoms with Gasteiger partial charge in [-0.25, -0.2) is 0 Å². The quantitative estimate of drug-likeness (QED) is 0.894. The molecule has 1 N–H and O–H groups in total. The van der Waals surface area contributed by atoms with Crippen LogP contribution in [-0.4, -0.2) is 18.4 Å². The Morgan fingerprint density at radius 2 is 1.87 bits per heavy atom. The number of benzene rings is 2. The molecule has 2 aromatic carbocycles. The van der Waals surface area contributed by atoms with Crippen molar-refractivity contribution in [3.8, 4) is 0 Å². The predicted molar refractivity (Wildman–Crippen MR) is 92.4 cm³/mol. The first-order chi connectivity index (χ1) is 11.0. The van der Waals surface area contributed by atoms with Gasteiger partial charge in [0, 0.05) is 28.7 Å². The molecule has 3 rings (SSSR count). The molecule has 0 aromatic heterocycles. The van der Waals surface area contributed by atoms with Gasteiger partial charge in [-0.2, -0.15) is 0 Å². The van der Waals surface area contributed by atoms with Crippen molar-refractivity contribution < 1.29 is 9.59 Å². The minimum atomic E-state index is -0.307. The van der Waals surface area contributed by atoms with E-state index in [1.54, 1.807) is 47.4 Å². The predicted octanol–water partition coefficient (Wildman–Crippen LogP) is 4.37. The zero-order valence-electron chi connectivity index (χ0n) is 12.2. The summed E-state index contributed by atoms with van der Waals surface area (Å²) in [6.07, 6.45) is 1.27. The van der Waals surface area contributed by atoms with E-state index in [4.69, 9.17) is 23.2 Å². The van der Waals surface area contributed by atoms with Gasteiger partial charge in [-0.15, -0.1) is 0 Å². The third-order valence-electron chi connectivity index (χ3n) is 3.65. The molecule has 2 amide bonds. The van der Waals surface area contributed by atoms with Crippen molar-refractivity contribution in [1.82, 2.24) is 0 Å². The van der Waals surface area contributed by atoms with Crippen LogP contribution >= 0.6 is 23.2 Å². The number of nitrogens with zero attached hydrogens (tertiary/aromatic N) is 1. The van der Waals surface area contributed by atoms with Crippen LogP contribution in [0.1, 0.15) is 23.2 Å². The van der Waals surface area contributed by atoms with Gasteiger partial charge >= 0.3 is 0 Å². The number of halogens is 2. The third-order valence-corrected chi connectivity index (χ3v) is 4.12. The maximum absolute atomic E-state index is 12.6. The van der Waals surface area contributed by atoms with Crippen molar-refractivity contribution >= 4 is 46.4 Å². The second kappa shape index (κ2) is 6.60. The molecule has 118 valence electrons. The molecular weight excluding hydrogens is 335 g/mol. The molecule has 4 nitrogen and oxygen atoms in total. The van der Waals surface area contributed by atoms with Crippen LogP contribution < -0.4 is 10.2 Å². The first-order valence-corrected chi connectivity index (χ1v) is 7.97. The Morgan fingerprint density at radius 1 is 1.09 bits per heavy atom. The maximum atomic E-state index is 12.6. The summed E-state index contributed by atoms with van der Waals surface area (Å²) >= 11 is 12.0. The SMILES string of the molecule is O=C(Nc1cccc(Cl)c1)c1ccc(Cl)cc1N1CCCC1=O. The number of anilines is 2. The van der Waals surface area contributed by atoms with Crippen LogP contribution in [0.3, 0.4) is 0 Å². The summed E-state index contributed by atoms with van der Waals surface area (Å²) in [7, 11) is 0. The van der Waals surface area contributed by atoms with Crippen molar-refractivity contribution in [2.75, 3.05) is 16.8 Å². The molecule has 1 aliphatic heterocycles. The molecule has 6 heteroatoms. The Hall–Kier alpha value is -2.04. The fraction of sp³-hybridized carbons (Fsp3) is 0.176. The molecule has 0 unspecified atom stereocenters. The van der Waals surface area contributed by atoms with E-state index < -0.39 is 0 Å². The summed E-state index contributed by atoms with van der Waals surface area (Å²) in [4.78, 5) is 26.2. The summed E-state index contributed by atoms with van der Waals surface area (Å²) in [6.45, 7) is 0.594. The molecule has 0 bridgehead atoms. The van der Waals surface area contributed by atoms with Crippen LogP contribution in [0.15, 0.2) is 42.5 Å². The summed E-state index contributed by atoms with van der Waals surface area (Å²) in [5, 5.41) is 3.81. The lowest BCUT2D eigenvalue weighted by molar-refractivity contribution is -0.117. The minimum absolute atomic E-state index is 0.00377. The number of carbonyl (C=O) groups excluding carboxylic acids is 2. The Bertz CT molecular complexity index is 777. The highest BCUT2D eigenvalue weighted by Crippen LogP contribution is 2.29. The van der Waals surface area contributed by atoms with Gasteiger partial charge in [0.1, 0.15) is 0 Å². The normalized spacial score (nSPS) is 14.2. The Labute approximate surface area is 144 Å². The molecule has 0 atom stereocenters. The Balaban J connectivity index is 1.92. The second-order valence-electron chi connectivity index (χ2n) is 5.27. The van der Waals surface area contributed by atoms with Crippen LogP contribution in [0.25, 0.3) is 0 Å². The van der Waals surface area contributed by atoms with Gasteiger partial charge in [-0.05, 0) is 42.8 Å². The number of hydrogen-bond donors (Lipinski definition) is 1. The summed E-state index contributed by atoms with van der Waals surface area (Å²) in [5.74, 6) is -0.303. The summed E-state index contributed by atoms with van der Waals surface area (Å²) in [6, 6.07) is 11.8. The van der Waals surface area contributed by atoms with E-state index in [9.17, 15) is 9.59 Å². The second-order valence-corrected chi connectivity index (χ2v) is 6.15. The van der Waals surface area contributed by atoms with E-state index in [0.717, 1.165) is 6.42 Å². The number of nitrogens with one attached hydrogen (secondary N) is 1. The van der Waals surface area contributed by atoms with Crippen LogP contribution in [0.4, 0.5) is 11.4 Å². The van der Waals surface area contributed by atoms with E-state index in [0.29, 0.717) is 39.9 Å². The lowest BCUT2D eigenvalue weighted by Crippen LogP contribution is -2.27. The smallest absolute Gasteiger partial charge is 0.257 e. The van der Waals surface area contributed by atoms with Crippen molar-refractivity contribution in [1.29, 1.82) is 0 Å². The first-order valence-electron chi connectivity index (χ1n) is 7.21. The van der Waals surface area contributed by atoms with E-state index in [1.165, 1.54) is 0 Å². The monoisotopic (exact) mass is 348 g/mol. The van der Waals surface area contributed by atoms with Crippen LogP contribution in [0, 0.1) is 0 Å². The number of hydrogen-bond acceptors (Lipinski definition) is 2. The largest absolute Gasteiger partial charge is 0.322 e. The Morgan fingerprint density at radius 3 is 2.57 bits per heavy atom. The fourth-order valence-corrected chi connectivity index (χ4v) is 2.94. The third kappa shape index (κ3) is 3.49. The van der Waals surface area contributed by atoms with Gasteiger partial charge < -0.3 is 10.2 Å². The topological polar surface area (TPSA) is 49.4 Å². The van der Waals surface area contributed by atoms with E-state index in [-0.39, 0.29) is 11.8 Å². The molecule has 0 radical (unpaired) electrons. The molecule has 2 aromatic rings. The zero-order valence-corrected chi connectivity index (χ0v) is 13.7. The van der Waals surface area contributed by atoms with E-state index >= 15 is 0 Å². The lowest BCUT2D eigenvalue weighted by Gasteiger charge is -2.19. The summed E-state index contributed by atoms with van der Waals surface area (Å²) in [5.41, 5.74) is 1.54. The molecule has 1 fully saturated rings. The van der Waals surface area contributed by atoms with Gasteiger partial charge in [0.25, 0.3) is 5.91 Å². The first kappa shape index (κ1) is 15.8. The standard InChI is InChI=1S/C17H14Cl2N2O2/c18-11-3-1-4-13(9-11)20-17(23)14-7-6-12(19)10-15(14)21-8-2-5-16(21)22/h1,3-4,6-7,9-10H,2,5,8H2,(H,20,23). The van der Waals surface area contributed by atoms with Gasteiger partial charge in [-0.1, -0.05) is 29.3 Å². The number of amides is 2. The van der Waals surface area contributed by atoms with Crippen molar-refractivity contribution in [2.24, 2.45) is 0 Å². The molecule has 0 aliphatic carbocycles. The highest BCUT2D eigenvalue weighted by molar-refractivity contribution is 6.31. The van der Waals surface area contributed by atoms with Gasteiger partial charge in [0.2, 0.25) is 5.91 Å². The maximum Gasteiger partial charge on any atom is 0.257 e. The van der Waals surface area contributed by atoms with Crippen LogP contribution in [-0.2, 0) is 4.79 Å². The highest BCUT2D eigenvalue weighted by Gasteiger charge is 2.26. The van der Waals surface area contributed by atoms with Crippen LogP contribution in [0.5, 0.6) is 0 Å². The number of carbonyl (C=O) groups is 2.